The van der Waals surface area contributed by atoms with Crippen molar-refractivity contribution >= 4 is 5.82 Å². The van der Waals surface area contributed by atoms with Crippen molar-refractivity contribution in [3.8, 4) is 0 Å². The largest absolute Gasteiger partial charge is 0.384 e. The summed E-state index contributed by atoms with van der Waals surface area (Å²) in [6.07, 6.45) is 1.09. The summed E-state index contributed by atoms with van der Waals surface area (Å²) in [7, 11) is 2.09. The molecule has 0 aliphatic heterocycles. The van der Waals surface area contributed by atoms with Gasteiger partial charge in [-0.25, -0.2) is 9.97 Å². The summed E-state index contributed by atoms with van der Waals surface area (Å²) in [4.78, 5) is 10.9. The molecule has 0 spiro atoms. The molecule has 0 atom stereocenters. The number of aromatic nitrogens is 2. The van der Waals surface area contributed by atoms with Gasteiger partial charge in [-0.1, -0.05) is 6.92 Å². The Morgan fingerprint density at radius 2 is 2.00 bits per heavy atom. The molecule has 4 heteroatoms. The average molecular weight is 222 g/mol. The van der Waals surface area contributed by atoms with E-state index in [0.29, 0.717) is 5.82 Å². The molecule has 0 radical (unpaired) electrons. The summed E-state index contributed by atoms with van der Waals surface area (Å²) < 4.78 is 0. The Morgan fingerprint density at radius 3 is 2.50 bits per heavy atom. The first-order valence-electron chi connectivity index (χ1n) is 5.66. The van der Waals surface area contributed by atoms with E-state index in [1.165, 1.54) is 0 Å². The van der Waals surface area contributed by atoms with Crippen molar-refractivity contribution in [2.45, 2.75) is 46.2 Å². The van der Waals surface area contributed by atoms with E-state index in [1.54, 1.807) is 6.07 Å². The molecule has 1 aromatic rings. The van der Waals surface area contributed by atoms with Crippen molar-refractivity contribution in [2.75, 3.05) is 12.8 Å². The molecule has 0 aliphatic carbocycles. The van der Waals surface area contributed by atoms with Crippen molar-refractivity contribution in [3.05, 3.63) is 17.6 Å². The Hall–Kier alpha value is -1.16. The van der Waals surface area contributed by atoms with Gasteiger partial charge in [-0.05, 0) is 34.2 Å². The molecule has 0 aliphatic rings. The highest BCUT2D eigenvalue weighted by molar-refractivity contribution is 5.29. The molecule has 1 aromatic heterocycles. The van der Waals surface area contributed by atoms with Gasteiger partial charge in [0, 0.05) is 17.3 Å². The molecule has 1 rings (SSSR count). The van der Waals surface area contributed by atoms with Gasteiger partial charge in [-0.2, -0.15) is 0 Å². The molecule has 0 saturated heterocycles. The second kappa shape index (κ2) is 4.78. The standard InChI is InChI=1S/C12H22N4/c1-6-12(3,4)16(5)8-11-14-9(2)7-10(13)15-11/h7H,6,8H2,1-5H3,(H2,13,14,15). The monoisotopic (exact) mass is 222 g/mol. The normalized spacial score (nSPS) is 12.1. The molecular formula is C12H22N4. The fourth-order valence-corrected chi connectivity index (χ4v) is 1.42. The minimum Gasteiger partial charge on any atom is -0.384 e. The van der Waals surface area contributed by atoms with Crippen LogP contribution in [0.2, 0.25) is 0 Å². The van der Waals surface area contributed by atoms with Crippen LogP contribution in [0.5, 0.6) is 0 Å². The molecular weight excluding hydrogens is 200 g/mol. The molecule has 0 bridgehead atoms. The molecule has 0 amide bonds. The van der Waals surface area contributed by atoms with E-state index < -0.39 is 0 Å². The minimum absolute atomic E-state index is 0.155. The highest BCUT2D eigenvalue weighted by Crippen LogP contribution is 2.18. The summed E-state index contributed by atoms with van der Waals surface area (Å²) in [6.45, 7) is 9.28. The summed E-state index contributed by atoms with van der Waals surface area (Å²) in [6, 6.07) is 1.79. The van der Waals surface area contributed by atoms with Gasteiger partial charge in [0.2, 0.25) is 0 Å². The van der Waals surface area contributed by atoms with E-state index in [0.717, 1.165) is 24.5 Å². The lowest BCUT2D eigenvalue weighted by molar-refractivity contribution is 0.139. The Labute approximate surface area is 97.9 Å². The van der Waals surface area contributed by atoms with Crippen molar-refractivity contribution in [1.82, 2.24) is 14.9 Å². The predicted octanol–water partition coefficient (Wildman–Crippen LogP) is 1.99. The highest BCUT2D eigenvalue weighted by Gasteiger charge is 2.21. The van der Waals surface area contributed by atoms with Crippen LogP contribution in [0, 0.1) is 6.92 Å². The third kappa shape index (κ3) is 3.17. The van der Waals surface area contributed by atoms with Crippen LogP contribution in [0.4, 0.5) is 5.82 Å². The van der Waals surface area contributed by atoms with Crippen LogP contribution in [-0.4, -0.2) is 27.5 Å². The molecule has 16 heavy (non-hydrogen) atoms. The third-order valence-corrected chi connectivity index (χ3v) is 3.20. The quantitative estimate of drug-likeness (QED) is 0.846. The van der Waals surface area contributed by atoms with Gasteiger partial charge in [0.25, 0.3) is 0 Å². The number of nitrogens with two attached hydrogens (primary N) is 1. The second-order valence-electron chi connectivity index (χ2n) is 4.87. The zero-order valence-electron chi connectivity index (χ0n) is 10.9. The van der Waals surface area contributed by atoms with Crippen LogP contribution in [0.15, 0.2) is 6.07 Å². The van der Waals surface area contributed by atoms with Gasteiger partial charge in [-0.15, -0.1) is 0 Å². The molecule has 2 N–H and O–H groups in total. The summed E-state index contributed by atoms with van der Waals surface area (Å²) >= 11 is 0. The Bertz CT molecular complexity index is 340. The summed E-state index contributed by atoms with van der Waals surface area (Å²) in [5, 5.41) is 0. The van der Waals surface area contributed by atoms with E-state index in [9.17, 15) is 0 Å². The second-order valence-corrected chi connectivity index (χ2v) is 4.87. The van der Waals surface area contributed by atoms with Gasteiger partial charge in [0.15, 0.2) is 0 Å². The Kier molecular flexibility index (Phi) is 3.86. The number of hydrogen-bond acceptors (Lipinski definition) is 4. The number of hydrogen-bond donors (Lipinski definition) is 1. The van der Waals surface area contributed by atoms with Crippen LogP contribution >= 0.6 is 0 Å². The van der Waals surface area contributed by atoms with E-state index >= 15 is 0 Å². The number of nitrogens with zero attached hydrogens (tertiary/aromatic N) is 3. The molecule has 0 aromatic carbocycles. The van der Waals surface area contributed by atoms with Crippen LogP contribution in [0.1, 0.15) is 38.7 Å². The van der Waals surface area contributed by atoms with E-state index in [-0.39, 0.29) is 5.54 Å². The molecule has 90 valence electrons. The number of rotatable bonds is 4. The smallest absolute Gasteiger partial charge is 0.144 e. The van der Waals surface area contributed by atoms with Gasteiger partial charge in [0.05, 0.1) is 6.54 Å². The molecule has 1 heterocycles. The minimum atomic E-state index is 0.155. The van der Waals surface area contributed by atoms with E-state index in [1.807, 2.05) is 6.92 Å². The Balaban J connectivity index is 2.80. The van der Waals surface area contributed by atoms with Gasteiger partial charge >= 0.3 is 0 Å². The molecule has 4 nitrogen and oxygen atoms in total. The highest BCUT2D eigenvalue weighted by atomic mass is 15.2. The zero-order chi connectivity index (χ0) is 12.3. The van der Waals surface area contributed by atoms with Crippen molar-refractivity contribution < 1.29 is 0 Å². The average Bonchev–Trinajstić information content (AvgIpc) is 2.15. The van der Waals surface area contributed by atoms with Crippen LogP contribution in [0.3, 0.4) is 0 Å². The van der Waals surface area contributed by atoms with Gasteiger partial charge in [0.1, 0.15) is 11.6 Å². The van der Waals surface area contributed by atoms with Crippen molar-refractivity contribution in [3.63, 3.8) is 0 Å². The van der Waals surface area contributed by atoms with E-state index in [2.05, 4.69) is 42.7 Å². The fraction of sp³-hybridized carbons (Fsp3) is 0.667. The maximum absolute atomic E-state index is 5.71. The lowest BCUT2D eigenvalue weighted by atomic mass is 10.0. The molecule has 0 fully saturated rings. The number of anilines is 1. The Morgan fingerprint density at radius 1 is 1.38 bits per heavy atom. The molecule has 0 saturated carbocycles. The first-order valence-corrected chi connectivity index (χ1v) is 5.66. The molecule has 0 unspecified atom stereocenters. The van der Waals surface area contributed by atoms with E-state index in [4.69, 9.17) is 5.73 Å². The summed E-state index contributed by atoms with van der Waals surface area (Å²) in [5.74, 6) is 1.34. The third-order valence-electron chi connectivity index (χ3n) is 3.20. The van der Waals surface area contributed by atoms with Crippen molar-refractivity contribution in [2.24, 2.45) is 0 Å². The maximum atomic E-state index is 5.71. The van der Waals surface area contributed by atoms with Gasteiger partial charge < -0.3 is 5.73 Å². The predicted molar refractivity (Wildman–Crippen MR) is 67.0 cm³/mol. The first kappa shape index (κ1) is 12.9. The lowest BCUT2D eigenvalue weighted by Gasteiger charge is -2.34. The maximum Gasteiger partial charge on any atom is 0.144 e. The topological polar surface area (TPSA) is 55.0 Å². The van der Waals surface area contributed by atoms with Crippen LogP contribution in [0.25, 0.3) is 0 Å². The summed E-state index contributed by atoms with van der Waals surface area (Å²) in [5.41, 5.74) is 6.78. The van der Waals surface area contributed by atoms with Crippen LogP contribution in [-0.2, 0) is 6.54 Å². The SMILES string of the molecule is CCC(C)(C)N(C)Cc1nc(C)cc(N)n1. The fourth-order valence-electron chi connectivity index (χ4n) is 1.42. The van der Waals surface area contributed by atoms with Crippen molar-refractivity contribution in [1.29, 1.82) is 0 Å². The zero-order valence-corrected chi connectivity index (χ0v) is 10.9. The first-order chi connectivity index (χ1) is 7.35. The lowest BCUT2D eigenvalue weighted by Crippen LogP contribution is -2.40. The number of aryl methyl sites for hydroxylation is 1. The van der Waals surface area contributed by atoms with Gasteiger partial charge in [-0.3, -0.25) is 4.90 Å². The number of nitrogen functional groups attached to an aromatic ring is 1. The van der Waals surface area contributed by atoms with Crippen LogP contribution < -0.4 is 5.73 Å².